The largest absolute Gasteiger partial charge is 0.277 e. The molecule has 4 amide bonds. The number of carbonyl (C=O) groups is 4. The summed E-state index contributed by atoms with van der Waals surface area (Å²) in [5, 5.41) is 0.825. The molecule has 0 fully saturated rings. The molecular weight excluding hydrogens is 500 g/mol. The Morgan fingerprint density at radius 1 is 0.600 bits per heavy atom. The summed E-state index contributed by atoms with van der Waals surface area (Å²) in [6.45, 7) is 3.85. The zero-order valence-corrected chi connectivity index (χ0v) is 21.5. The van der Waals surface area contributed by atoms with Crippen molar-refractivity contribution >= 4 is 87.2 Å². The number of amides is 4. The van der Waals surface area contributed by atoms with Crippen LogP contribution >= 0.6 is 34.0 Å². The Labute approximate surface area is 211 Å². The molecule has 0 unspecified atom stereocenters. The number of nitrogens with zero attached hydrogens (tertiary/aromatic N) is 2. The number of hydrogen-bond acceptors (Lipinski definition) is 7. The highest BCUT2D eigenvalue weighted by molar-refractivity contribution is 7.39. The van der Waals surface area contributed by atoms with Gasteiger partial charge in [0.2, 0.25) is 0 Å². The van der Waals surface area contributed by atoms with Gasteiger partial charge in [0.1, 0.15) is 0 Å². The van der Waals surface area contributed by atoms with Gasteiger partial charge in [0.25, 0.3) is 23.6 Å². The molecular formula is C26H16N2O4S3. The monoisotopic (exact) mass is 516 g/mol. The van der Waals surface area contributed by atoms with Crippen molar-refractivity contribution in [3.63, 3.8) is 0 Å². The fourth-order valence-electron chi connectivity index (χ4n) is 5.27. The van der Waals surface area contributed by atoms with Crippen LogP contribution in [0.1, 0.15) is 51.9 Å². The third-order valence-electron chi connectivity index (χ3n) is 6.92. The van der Waals surface area contributed by atoms with E-state index in [1.54, 1.807) is 53.1 Å². The van der Waals surface area contributed by atoms with Gasteiger partial charge in [0.15, 0.2) is 0 Å². The summed E-state index contributed by atoms with van der Waals surface area (Å²) in [4.78, 5) is 57.4. The normalized spacial score (nSPS) is 15.5. The first-order valence-corrected chi connectivity index (χ1v) is 13.3. The number of imide groups is 2. The number of fused-ring (bicyclic) bond motifs is 3. The van der Waals surface area contributed by atoms with Crippen molar-refractivity contribution in [3.8, 4) is 10.4 Å². The third kappa shape index (κ3) is 2.47. The predicted octanol–water partition coefficient (Wildman–Crippen LogP) is 6.07. The topological polar surface area (TPSA) is 74.8 Å². The first kappa shape index (κ1) is 20.9. The van der Waals surface area contributed by atoms with Gasteiger partial charge in [-0.15, -0.1) is 34.0 Å². The summed E-state index contributed by atoms with van der Waals surface area (Å²) in [6, 6.07) is 7.67. The lowest BCUT2D eigenvalue weighted by molar-refractivity contribution is 0.0629. The van der Waals surface area contributed by atoms with E-state index in [1.807, 2.05) is 0 Å². The summed E-state index contributed by atoms with van der Waals surface area (Å²) < 4.78 is 4.76. The van der Waals surface area contributed by atoms with Gasteiger partial charge in [0, 0.05) is 60.7 Å². The summed E-state index contributed by atoms with van der Waals surface area (Å²) >= 11 is 5.05. The van der Waals surface area contributed by atoms with Gasteiger partial charge >= 0.3 is 0 Å². The summed E-state index contributed by atoms with van der Waals surface area (Å²) in [5.41, 5.74) is 2.68. The predicted molar refractivity (Wildman–Crippen MR) is 140 cm³/mol. The fraction of sp³-hybridized carbons (Fsp3) is 0.154. The SMILES string of the molecule is Cc1cc2sc3cc(-c4cc5c6c(c(C)cc7c6c4C(=O)N(C)C7=O)C(=O)N(C)C5=O)sc3c2s1. The van der Waals surface area contributed by atoms with Gasteiger partial charge in [-0.25, -0.2) is 0 Å². The molecule has 0 saturated carbocycles. The van der Waals surface area contributed by atoms with E-state index >= 15 is 0 Å². The molecule has 0 saturated heterocycles. The highest BCUT2D eigenvalue weighted by Gasteiger charge is 2.40. The van der Waals surface area contributed by atoms with E-state index < -0.39 is 23.6 Å². The number of rotatable bonds is 1. The van der Waals surface area contributed by atoms with Crippen molar-refractivity contribution < 1.29 is 19.2 Å². The van der Waals surface area contributed by atoms with Crippen molar-refractivity contribution in [3.05, 3.63) is 57.0 Å². The molecule has 0 radical (unpaired) electrons. The quantitative estimate of drug-likeness (QED) is 0.254. The number of benzene rings is 2. The van der Waals surface area contributed by atoms with E-state index in [1.165, 1.54) is 28.4 Å². The molecule has 9 heteroatoms. The molecule has 2 aliphatic rings. The molecule has 0 N–H and O–H groups in total. The second-order valence-corrected chi connectivity index (χ2v) is 12.4. The Morgan fingerprint density at radius 3 is 1.89 bits per heavy atom. The van der Waals surface area contributed by atoms with Crippen LogP contribution in [-0.2, 0) is 0 Å². The molecule has 0 atom stereocenters. The minimum Gasteiger partial charge on any atom is -0.277 e. The second kappa shape index (κ2) is 6.63. The van der Waals surface area contributed by atoms with Gasteiger partial charge in [-0.2, -0.15) is 0 Å². The lowest BCUT2D eigenvalue weighted by Gasteiger charge is -2.31. The molecule has 0 aliphatic carbocycles. The van der Waals surface area contributed by atoms with Crippen LogP contribution in [0.15, 0.2) is 24.3 Å². The van der Waals surface area contributed by atoms with Gasteiger partial charge in [-0.3, -0.25) is 29.0 Å². The molecule has 0 spiro atoms. The molecule has 35 heavy (non-hydrogen) atoms. The smallest absolute Gasteiger partial charge is 0.261 e. The van der Waals surface area contributed by atoms with E-state index in [2.05, 4.69) is 19.1 Å². The van der Waals surface area contributed by atoms with Crippen LogP contribution in [0.4, 0.5) is 0 Å². The Balaban J connectivity index is 1.65. The maximum absolute atomic E-state index is 13.6. The minimum atomic E-state index is -0.430. The zero-order chi connectivity index (χ0) is 24.5. The number of hydrogen-bond donors (Lipinski definition) is 0. The first-order valence-electron chi connectivity index (χ1n) is 10.9. The summed E-state index contributed by atoms with van der Waals surface area (Å²) in [7, 11) is 2.94. The van der Waals surface area contributed by atoms with E-state index in [0.717, 1.165) is 24.1 Å². The lowest BCUT2D eigenvalue weighted by Crippen LogP contribution is -2.41. The average Bonchev–Trinajstić information content (AvgIpc) is 3.48. The van der Waals surface area contributed by atoms with Crippen LogP contribution in [0.3, 0.4) is 0 Å². The Bertz CT molecular complexity index is 1890. The molecule has 2 aromatic carbocycles. The van der Waals surface area contributed by atoms with Crippen molar-refractivity contribution in [1.82, 2.24) is 9.80 Å². The Morgan fingerprint density at radius 2 is 1.17 bits per heavy atom. The van der Waals surface area contributed by atoms with E-state index in [0.29, 0.717) is 44.2 Å². The molecule has 5 heterocycles. The van der Waals surface area contributed by atoms with Crippen molar-refractivity contribution in [2.24, 2.45) is 0 Å². The molecule has 7 rings (SSSR count). The van der Waals surface area contributed by atoms with Crippen molar-refractivity contribution in [2.45, 2.75) is 13.8 Å². The van der Waals surface area contributed by atoms with Gasteiger partial charge in [-0.05, 0) is 43.7 Å². The van der Waals surface area contributed by atoms with Gasteiger partial charge in [0.05, 0.1) is 20.5 Å². The zero-order valence-electron chi connectivity index (χ0n) is 19.1. The maximum Gasteiger partial charge on any atom is 0.261 e. The number of thiophene rings is 3. The highest BCUT2D eigenvalue weighted by Crippen LogP contribution is 2.49. The van der Waals surface area contributed by atoms with E-state index in [9.17, 15) is 19.2 Å². The van der Waals surface area contributed by atoms with Gasteiger partial charge in [-0.1, -0.05) is 0 Å². The summed E-state index contributed by atoms with van der Waals surface area (Å²) in [6.07, 6.45) is 0. The van der Waals surface area contributed by atoms with Crippen LogP contribution < -0.4 is 0 Å². The van der Waals surface area contributed by atoms with Crippen LogP contribution in [0, 0.1) is 13.8 Å². The van der Waals surface area contributed by atoms with E-state index in [-0.39, 0.29) is 0 Å². The Kier molecular flexibility index (Phi) is 3.96. The summed E-state index contributed by atoms with van der Waals surface area (Å²) in [5.74, 6) is -1.70. The van der Waals surface area contributed by atoms with Crippen molar-refractivity contribution in [2.75, 3.05) is 14.1 Å². The lowest BCUT2D eigenvalue weighted by atomic mass is 9.81. The maximum atomic E-state index is 13.6. The van der Waals surface area contributed by atoms with Crippen LogP contribution in [0.25, 0.3) is 40.0 Å². The third-order valence-corrected chi connectivity index (χ3v) is 10.6. The van der Waals surface area contributed by atoms with E-state index in [4.69, 9.17) is 0 Å². The molecule has 3 aromatic heterocycles. The standard InChI is InChI=1S/C26H16N2O4S3/c1-9-5-12-19-18-13(24(30)27(3)25(31)17(9)18)7-11(20(19)26(32)28(4)23(12)29)14-8-16-22(35-14)21-15(34-16)6-10(2)33-21/h5-8H,1-4H3. The van der Waals surface area contributed by atoms with Gasteiger partial charge < -0.3 is 0 Å². The molecule has 2 aliphatic heterocycles. The average molecular weight is 517 g/mol. The van der Waals surface area contributed by atoms with Crippen LogP contribution in [-0.4, -0.2) is 47.5 Å². The number of carbonyl (C=O) groups excluding carboxylic acids is 4. The van der Waals surface area contributed by atoms with Crippen molar-refractivity contribution in [1.29, 1.82) is 0 Å². The number of aryl methyl sites for hydroxylation is 2. The minimum absolute atomic E-state index is 0.347. The molecule has 0 bridgehead atoms. The van der Waals surface area contributed by atoms with Crippen LogP contribution in [0.5, 0.6) is 0 Å². The first-order chi connectivity index (χ1) is 16.7. The fourth-order valence-corrected chi connectivity index (χ4v) is 9.22. The van der Waals surface area contributed by atoms with Crippen LogP contribution in [0.2, 0.25) is 0 Å². The highest BCUT2D eigenvalue weighted by atomic mass is 32.1. The Hall–Kier alpha value is -3.40. The second-order valence-electron chi connectivity index (χ2n) is 9.01. The molecule has 6 nitrogen and oxygen atoms in total. The molecule has 5 aromatic rings. The molecule has 172 valence electrons.